The number of aryl methyl sites for hydroxylation is 1. The fourth-order valence-electron chi connectivity index (χ4n) is 2.28. The van der Waals surface area contributed by atoms with E-state index in [-0.39, 0.29) is 5.56 Å². The molecule has 1 unspecified atom stereocenters. The minimum Gasteiger partial charge on any atom is -0.339 e. The molecule has 1 atom stereocenters. The molecule has 0 saturated carbocycles. The summed E-state index contributed by atoms with van der Waals surface area (Å²) in [7, 11) is -3.59. The van der Waals surface area contributed by atoms with Gasteiger partial charge in [-0.05, 0) is 24.3 Å². The van der Waals surface area contributed by atoms with Gasteiger partial charge in [0.1, 0.15) is 16.5 Å². The molecule has 1 aromatic heterocycles. The van der Waals surface area contributed by atoms with Gasteiger partial charge in [-0.15, -0.1) is 0 Å². The van der Waals surface area contributed by atoms with Crippen molar-refractivity contribution in [1.82, 2.24) is 10.1 Å². The van der Waals surface area contributed by atoms with Crippen LogP contribution in [0.4, 0.5) is 8.78 Å². The molecule has 0 aliphatic heterocycles. The summed E-state index contributed by atoms with van der Waals surface area (Å²) in [6.45, 7) is 1.65. The molecular formula is C17H13F2N3O3S. The fourth-order valence-corrected chi connectivity index (χ4v) is 3.65. The predicted molar refractivity (Wildman–Crippen MR) is 89.9 cm³/mol. The second kappa shape index (κ2) is 6.75. The standard InChI is InChI=1S/C17H13F2N3O3S/c1-10-20-16(21-25-10)11-6-8-12(9-7-11)17(23)22-26(2,24)15-13(18)4-3-5-14(15)19/h3-9H,1-2H3. The lowest BCUT2D eigenvalue weighted by Gasteiger charge is -2.07. The summed E-state index contributed by atoms with van der Waals surface area (Å²) in [5, 5.41) is 3.76. The van der Waals surface area contributed by atoms with Gasteiger partial charge in [0.05, 0.1) is 9.73 Å². The van der Waals surface area contributed by atoms with E-state index in [1.165, 1.54) is 12.1 Å². The van der Waals surface area contributed by atoms with E-state index in [9.17, 15) is 17.8 Å². The molecule has 9 heteroatoms. The largest absolute Gasteiger partial charge is 0.339 e. The Hall–Kier alpha value is -2.94. The summed E-state index contributed by atoms with van der Waals surface area (Å²) in [4.78, 5) is 15.6. The SMILES string of the molecule is Cc1nc(-c2ccc(C(=O)N=S(C)(=O)c3c(F)cccc3F)cc2)no1. The lowest BCUT2D eigenvalue weighted by molar-refractivity contribution is 0.100. The topological polar surface area (TPSA) is 85.4 Å². The van der Waals surface area contributed by atoms with Crippen molar-refractivity contribution in [2.24, 2.45) is 4.36 Å². The molecule has 0 fully saturated rings. The van der Waals surface area contributed by atoms with Gasteiger partial charge >= 0.3 is 0 Å². The zero-order chi connectivity index (χ0) is 18.9. The van der Waals surface area contributed by atoms with E-state index in [0.717, 1.165) is 24.5 Å². The van der Waals surface area contributed by atoms with Crippen LogP contribution in [0.3, 0.4) is 0 Å². The van der Waals surface area contributed by atoms with Crippen LogP contribution in [0.1, 0.15) is 16.2 Å². The molecule has 134 valence electrons. The maximum atomic E-state index is 13.8. The van der Waals surface area contributed by atoms with Crippen molar-refractivity contribution in [2.75, 3.05) is 6.26 Å². The molecule has 2 aromatic carbocycles. The van der Waals surface area contributed by atoms with E-state index in [0.29, 0.717) is 17.3 Å². The summed E-state index contributed by atoms with van der Waals surface area (Å²) in [6, 6.07) is 9.05. The Balaban J connectivity index is 1.94. The number of carbonyl (C=O) groups excluding carboxylic acids is 1. The van der Waals surface area contributed by atoms with Gasteiger partial charge in [-0.2, -0.15) is 9.35 Å². The van der Waals surface area contributed by atoms with Gasteiger partial charge in [0, 0.05) is 24.3 Å². The van der Waals surface area contributed by atoms with Crippen molar-refractivity contribution in [3.63, 3.8) is 0 Å². The van der Waals surface area contributed by atoms with Crippen molar-refractivity contribution in [1.29, 1.82) is 0 Å². The Kier molecular flexibility index (Phi) is 4.64. The zero-order valence-corrected chi connectivity index (χ0v) is 14.6. The van der Waals surface area contributed by atoms with Crippen molar-refractivity contribution < 1.29 is 22.3 Å². The Labute approximate surface area is 148 Å². The van der Waals surface area contributed by atoms with Gasteiger partial charge in [0.15, 0.2) is 0 Å². The highest BCUT2D eigenvalue weighted by Gasteiger charge is 2.20. The maximum absolute atomic E-state index is 13.8. The number of rotatable bonds is 3. The van der Waals surface area contributed by atoms with Crippen molar-refractivity contribution in [2.45, 2.75) is 11.8 Å². The van der Waals surface area contributed by atoms with E-state index < -0.39 is 32.2 Å². The zero-order valence-electron chi connectivity index (χ0n) is 13.8. The van der Waals surface area contributed by atoms with Crippen LogP contribution in [0.25, 0.3) is 11.4 Å². The van der Waals surface area contributed by atoms with Gasteiger partial charge in [0.2, 0.25) is 11.7 Å². The first kappa shape index (κ1) is 17.9. The molecular weight excluding hydrogens is 364 g/mol. The third-order valence-corrected chi connectivity index (χ3v) is 5.13. The Bertz CT molecular complexity index is 1080. The number of hydrogen-bond donors (Lipinski definition) is 0. The Morgan fingerprint density at radius 1 is 1.12 bits per heavy atom. The number of aromatic nitrogens is 2. The molecule has 26 heavy (non-hydrogen) atoms. The van der Waals surface area contributed by atoms with Crippen LogP contribution in [-0.4, -0.2) is 26.5 Å². The highest BCUT2D eigenvalue weighted by atomic mass is 32.2. The van der Waals surface area contributed by atoms with Crippen LogP contribution in [0.5, 0.6) is 0 Å². The molecule has 0 N–H and O–H groups in total. The first-order valence-electron chi connectivity index (χ1n) is 7.39. The highest BCUT2D eigenvalue weighted by molar-refractivity contribution is 7.93. The number of hydrogen-bond acceptors (Lipinski definition) is 5. The van der Waals surface area contributed by atoms with Crippen LogP contribution in [-0.2, 0) is 9.73 Å². The number of amides is 1. The molecule has 0 spiro atoms. The third kappa shape index (κ3) is 3.52. The normalized spacial score (nSPS) is 13.2. The number of carbonyl (C=O) groups is 1. The molecule has 1 heterocycles. The van der Waals surface area contributed by atoms with Crippen LogP contribution >= 0.6 is 0 Å². The van der Waals surface area contributed by atoms with Gasteiger partial charge in [-0.3, -0.25) is 4.79 Å². The minimum absolute atomic E-state index is 0.111. The van der Waals surface area contributed by atoms with E-state index in [4.69, 9.17) is 4.52 Å². The summed E-state index contributed by atoms with van der Waals surface area (Å²) >= 11 is 0. The second-order valence-corrected chi connectivity index (χ2v) is 7.66. The van der Waals surface area contributed by atoms with E-state index in [1.807, 2.05) is 0 Å². The van der Waals surface area contributed by atoms with Crippen molar-refractivity contribution in [3.05, 3.63) is 65.6 Å². The molecule has 0 radical (unpaired) electrons. The van der Waals surface area contributed by atoms with E-state index in [2.05, 4.69) is 14.5 Å². The van der Waals surface area contributed by atoms with E-state index in [1.54, 1.807) is 19.1 Å². The smallest absolute Gasteiger partial charge is 0.285 e. The molecule has 0 bridgehead atoms. The number of benzene rings is 2. The monoisotopic (exact) mass is 377 g/mol. The average molecular weight is 377 g/mol. The summed E-state index contributed by atoms with van der Waals surface area (Å²) in [6.07, 6.45) is 1.02. The number of nitrogens with zero attached hydrogens (tertiary/aromatic N) is 3. The van der Waals surface area contributed by atoms with Crippen molar-refractivity contribution >= 4 is 15.6 Å². The molecule has 0 aliphatic carbocycles. The van der Waals surface area contributed by atoms with Gasteiger partial charge in [-0.25, -0.2) is 13.0 Å². The van der Waals surface area contributed by atoms with Crippen LogP contribution < -0.4 is 0 Å². The van der Waals surface area contributed by atoms with Gasteiger partial charge in [-0.1, -0.05) is 23.4 Å². The molecule has 3 aromatic rings. The molecule has 3 rings (SSSR count). The first-order chi connectivity index (χ1) is 12.3. The molecule has 1 amide bonds. The van der Waals surface area contributed by atoms with Gasteiger partial charge in [0.25, 0.3) is 5.91 Å². The summed E-state index contributed by atoms with van der Waals surface area (Å²) < 4.78 is 48.7. The number of halogens is 2. The summed E-state index contributed by atoms with van der Waals surface area (Å²) in [5.41, 5.74) is 0.719. The molecule has 0 saturated heterocycles. The average Bonchev–Trinajstić information content (AvgIpc) is 3.00. The maximum Gasteiger partial charge on any atom is 0.285 e. The fraction of sp³-hybridized carbons (Fsp3) is 0.118. The predicted octanol–water partition coefficient (Wildman–Crippen LogP) is 3.62. The lowest BCUT2D eigenvalue weighted by Crippen LogP contribution is -2.08. The van der Waals surface area contributed by atoms with Crippen LogP contribution in [0.2, 0.25) is 0 Å². The highest BCUT2D eigenvalue weighted by Crippen LogP contribution is 2.22. The lowest BCUT2D eigenvalue weighted by atomic mass is 10.1. The minimum atomic E-state index is -3.59. The quantitative estimate of drug-likeness (QED) is 0.696. The first-order valence-corrected chi connectivity index (χ1v) is 9.31. The van der Waals surface area contributed by atoms with Crippen LogP contribution in [0.15, 0.2) is 56.2 Å². The Morgan fingerprint density at radius 3 is 2.27 bits per heavy atom. The molecule has 0 aliphatic rings. The summed E-state index contributed by atoms with van der Waals surface area (Å²) in [5.74, 6) is -2.14. The third-order valence-electron chi connectivity index (χ3n) is 3.47. The van der Waals surface area contributed by atoms with Crippen LogP contribution in [0, 0.1) is 18.6 Å². The Morgan fingerprint density at radius 2 is 1.73 bits per heavy atom. The van der Waals surface area contributed by atoms with Crippen molar-refractivity contribution in [3.8, 4) is 11.4 Å². The second-order valence-electron chi connectivity index (χ2n) is 5.46. The van der Waals surface area contributed by atoms with E-state index >= 15 is 0 Å². The molecule has 6 nitrogen and oxygen atoms in total. The van der Waals surface area contributed by atoms with Gasteiger partial charge < -0.3 is 4.52 Å².